The Balaban J connectivity index is 0. The molecular formula is C30H21CrNO6. The third-order valence-electron chi connectivity index (χ3n) is 4.94. The van der Waals surface area contributed by atoms with E-state index in [1.54, 1.807) is 7.11 Å². The van der Waals surface area contributed by atoms with Gasteiger partial charge in [-0.3, -0.25) is 0 Å². The number of rotatable bonds is 5. The summed E-state index contributed by atoms with van der Waals surface area (Å²) in [6, 6.07) is 31.5. The molecule has 8 heteroatoms. The summed E-state index contributed by atoms with van der Waals surface area (Å²) in [6.45, 7) is 22.5. The van der Waals surface area contributed by atoms with Gasteiger partial charge in [0.25, 0.3) is 0 Å². The molecule has 0 N–H and O–H groups in total. The van der Waals surface area contributed by atoms with Gasteiger partial charge in [0, 0.05) is 0 Å². The van der Waals surface area contributed by atoms with Crippen LogP contribution in [-0.2, 0) is 50.9 Å². The van der Waals surface area contributed by atoms with E-state index in [0.717, 1.165) is 21.4 Å². The van der Waals surface area contributed by atoms with E-state index < -0.39 is 0 Å². The van der Waals surface area contributed by atoms with Crippen LogP contribution in [0.5, 0.6) is 0 Å². The zero-order valence-corrected chi connectivity index (χ0v) is 21.7. The van der Waals surface area contributed by atoms with E-state index in [9.17, 15) is 0 Å². The van der Waals surface area contributed by atoms with Crippen LogP contribution in [0.3, 0.4) is 0 Å². The number of hydrogen-bond donors (Lipinski definition) is 0. The molecule has 0 fully saturated rings. The van der Waals surface area contributed by atoms with Gasteiger partial charge in [-0.2, -0.15) is 0 Å². The minimum absolute atomic E-state index is 0.787. The Morgan fingerprint density at radius 2 is 0.895 bits per heavy atom. The van der Waals surface area contributed by atoms with Crippen LogP contribution >= 0.6 is 0 Å². The van der Waals surface area contributed by atoms with Crippen molar-refractivity contribution in [3.63, 3.8) is 0 Å². The Morgan fingerprint density at radius 1 is 0.579 bits per heavy atom. The monoisotopic (exact) mass is 543 g/mol. The first-order valence-corrected chi connectivity index (χ1v) is 10.9. The van der Waals surface area contributed by atoms with Crippen LogP contribution in [0.25, 0.3) is 33.6 Å². The van der Waals surface area contributed by atoms with E-state index >= 15 is 0 Å². The molecule has 0 aliphatic heterocycles. The molecule has 0 amide bonds. The topological polar surface area (TPSA) is 114 Å². The third kappa shape index (κ3) is 9.14. The summed E-state index contributed by atoms with van der Waals surface area (Å²) < 4.78 is 46.3. The number of hydrogen-bond acceptors (Lipinski definition) is 1. The molecule has 0 aliphatic carbocycles. The molecule has 4 rings (SSSR count). The summed E-state index contributed by atoms with van der Waals surface area (Å²) in [7, 11) is 3.84. The Kier molecular flexibility index (Phi) is 21.1. The van der Waals surface area contributed by atoms with E-state index in [1.807, 2.05) is 18.2 Å². The van der Waals surface area contributed by atoms with Crippen LogP contribution in [0.15, 0.2) is 91.0 Å². The van der Waals surface area contributed by atoms with Gasteiger partial charge in [0.05, 0.1) is 0 Å². The standard InChI is InChI=1S/C25H21NO.5CO.Cr/c1-26-24(20-14-8-4-9-15-20)22(18-27-2)23(19-12-6-3-7-13-19)25(26)21-16-10-5-11-17-21;5*1-2;/h3-17H,1-2H3;;;;;;. The van der Waals surface area contributed by atoms with Crippen molar-refractivity contribution in [3.8, 4) is 33.6 Å². The predicted octanol–water partition coefficient (Wildman–Crippen LogP) is 5.51. The molecule has 0 saturated heterocycles. The Labute approximate surface area is 230 Å². The third-order valence-corrected chi connectivity index (χ3v) is 5.52. The molecule has 7 nitrogen and oxygen atoms in total. The van der Waals surface area contributed by atoms with Crippen LogP contribution < -0.4 is 0 Å². The average molecular weight is 543 g/mol. The molecule has 38 heavy (non-hydrogen) atoms. The molecular weight excluding hydrogens is 522 g/mol. The van der Waals surface area contributed by atoms with Gasteiger partial charge < -0.3 is 0 Å². The van der Waals surface area contributed by atoms with Gasteiger partial charge in [-0.05, 0) is 0 Å². The summed E-state index contributed by atoms with van der Waals surface area (Å²) in [5.74, 6) is 0. The molecule has 0 atom stereocenters. The van der Waals surface area contributed by atoms with Crippen LogP contribution in [-0.4, -0.2) is 16.2 Å². The van der Waals surface area contributed by atoms with Gasteiger partial charge in [-0.25, -0.2) is 0 Å². The molecule has 1 aromatic heterocycles. The molecule has 0 unspecified atom stereocenters. The first kappa shape index (κ1) is 36.2. The van der Waals surface area contributed by atoms with Crippen LogP contribution in [0, 0.1) is 33.3 Å². The number of ether oxygens (including phenoxy) is 1. The van der Waals surface area contributed by atoms with E-state index in [1.165, 1.54) is 22.4 Å². The zero-order chi connectivity index (χ0) is 29.5. The van der Waals surface area contributed by atoms with Gasteiger partial charge in [-0.1, -0.05) is 0 Å². The van der Waals surface area contributed by atoms with Crippen molar-refractivity contribution in [2.24, 2.45) is 7.05 Å². The summed E-state index contributed by atoms with van der Waals surface area (Å²) in [5, 5.41) is 0. The number of methoxy groups -OCH3 is 1. The summed E-state index contributed by atoms with van der Waals surface area (Å²) in [6.07, 6.45) is 0. The summed E-state index contributed by atoms with van der Waals surface area (Å²) in [5.41, 5.74) is 8.06. The molecule has 4 aromatic rings. The van der Waals surface area contributed by atoms with Crippen LogP contribution in [0.2, 0.25) is 0 Å². The Hall–Kier alpha value is -4.00. The van der Waals surface area contributed by atoms with Gasteiger partial charge in [-0.15, -0.1) is 0 Å². The van der Waals surface area contributed by atoms with Gasteiger partial charge in [0.2, 0.25) is 0 Å². The van der Waals surface area contributed by atoms with Crippen molar-refractivity contribution in [3.05, 3.63) is 130 Å². The number of nitrogens with zero attached hydrogens (tertiary/aromatic N) is 1. The normalized spacial score (nSPS) is 8.21. The molecule has 0 radical (unpaired) electrons. The zero-order valence-electron chi connectivity index (χ0n) is 20.5. The van der Waals surface area contributed by atoms with Crippen molar-refractivity contribution in [1.29, 1.82) is 0 Å². The fourth-order valence-electron chi connectivity index (χ4n) is 3.74. The molecule has 188 valence electrons. The van der Waals surface area contributed by atoms with E-state index in [4.69, 9.17) is 28.0 Å². The maximum atomic E-state index is 7.50. The molecule has 1 heterocycles. The minimum atomic E-state index is 0.787. The second-order valence-electron chi connectivity index (χ2n) is 6.60. The first-order chi connectivity index (χ1) is 18.7. The van der Waals surface area contributed by atoms with E-state index in [0.29, 0.717) is 0 Å². The summed E-state index contributed by atoms with van der Waals surface area (Å²) in [4.78, 5) is 0. The van der Waals surface area contributed by atoms with Crippen molar-refractivity contribution < 1.29 is 43.8 Å². The second-order valence-corrected chi connectivity index (χ2v) is 7.17. The van der Waals surface area contributed by atoms with Gasteiger partial charge in [0.15, 0.2) is 0 Å². The van der Waals surface area contributed by atoms with Gasteiger partial charge in [0.1, 0.15) is 0 Å². The molecule has 0 aliphatic rings. The first-order valence-electron chi connectivity index (χ1n) is 10.2. The molecule has 3 aromatic carbocycles. The Morgan fingerprint density at radius 3 is 1.24 bits per heavy atom. The maximum absolute atomic E-state index is 7.50. The van der Waals surface area contributed by atoms with Crippen molar-refractivity contribution >= 4 is 4.57 Å². The fraction of sp³-hybridized carbons (Fsp3) is 0.0667. The molecule has 0 spiro atoms. The number of aromatic nitrogens is 1. The second kappa shape index (κ2) is 22.2. The SMILES string of the molecule is CO[C](=[Cr])c1c(-c2ccccc2)c(-c2ccccc2)n(C)c1-c1ccccc1.[C-]#[O+].[C-]#[O+].[C-]#[O+].[C-]#[O+].[C-]#[O+]. The quantitative estimate of drug-likeness (QED) is 0.240. The van der Waals surface area contributed by atoms with E-state index in [2.05, 4.69) is 134 Å². The van der Waals surface area contributed by atoms with Crippen LogP contribution in [0.4, 0.5) is 0 Å². The van der Waals surface area contributed by atoms with E-state index in [-0.39, 0.29) is 0 Å². The van der Waals surface area contributed by atoms with Crippen LogP contribution in [0.1, 0.15) is 5.56 Å². The predicted molar refractivity (Wildman–Crippen MR) is 132 cm³/mol. The van der Waals surface area contributed by atoms with Crippen molar-refractivity contribution in [2.75, 3.05) is 7.11 Å². The van der Waals surface area contributed by atoms with Crippen molar-refractivity contribution in [1.82, 2.24) is 4.57 Å². The molecule has 0 saturated carbocycles. The number of benzene rings is 3. The average Bonchev–Trinajstić information content (AvgIpc) is 3.35. The fourth-order valence-corrected chi connectivity index (χ4v) is 4.05. The van der Waals surface area contributed by atoms with Crippen molar-refractivity contribution in [2.45, 2.75) is 0 Å². The van der Waals surface area contributed by atoms with Gasteiger partial charge >= 0.3 is 231 Å². The summed E-state index contributed by atoms with van der Waals surface area (Å²) >= 11 is 3.14. The Bertz CT molecular complexity index is 1300. The molecule has 0 bridgehead atoms.